The van der Waals surface area contributed by atoms with Crippen LogP contribution in [-0.4, -0.2) is 10.9 Å². The third kappa shape index (κ3) is 4.08. The highest BCUT2D eigenvalue weighted by Gasteiger charge is 2.06. The summed E-state index contributed by atoms with van der Waals surface area (Å²) in [5.74, 6) is -0.0313. The molecule has 1 heterocycles. The number of carbonyl (C=O) groups excluding carboxylic acids is 1. The minimum atomic E-state index is -0.327. The van der Waals surface area contributed by atoms with E-state index < -0.39 is 0 Å². The van der Waals surface area contributed by atoms with Gasteiger partial charge < -0.3 is 10.6 Å². The van der Waals surface area contributed by atoms with Crippen molar-refractivity contribution >= 4 is 34.7 Å². The number of rotatable bonds is 4. The average molecular weight is 342 g/mol. The summed E-state index contributed by atoms with van der Waals surface area (Å²) in [6, 6.07) is 16.1. The van der Waals surface area contributed by atoms with Crippen molar-refractivity contribution in [3.8, 4) is 0 Å². The van der Waals surface area contributed by atoms with Crippen LogP contribution >= 0.6 is 11.6 Å². The van der Waals surface area contributed by atoms with Crippen LogP contribution in [0, 0.1) is 5.82 Å². The van der Waals surface area contributed by atoms with Crippen molar-refractivity contribution in [2.45, 2.75) is 0 Å². The van der Waals surface area contributed by atoms with E-state index in [1.54, 1.807) is 48.5 Å². The SMILES string of the molecule is O=C(Nc1ccc(Nc2cccc(F)c2)nc1)c1ccc(Cl)cc1. The van der Waals surface area contributed by atoms with Crippen molar-refractivity contribution in [2.75, 3.05) is 10.6 Å². The molecule has 0 aliphatic carbocycles. The number of benzene rings is 2. The van der Waals surface area contributed by atoms with Crippen LogP contribution in [0.25, 0.3) is 0 Å². The zero-order valence-electron chi connectivity index (χ0n) is 12.5. The maximum Gasteiger partial charge on any atom is 0.255 e. The molecule has 1 aromatic heterocycles. The van der Waals surface area contributed by atoms with Gasteiger partial charge in [-0.1, -0.05) is 17.7 Å². The van der Waals surface area contributed by atoms with Crippen molar-refractivity contribution in [1.82, 2.24) is 4.98 Å². The average Bonchev–Trinajstić information content (AvgIpc) is 2.57. The zero-order valence-corrected chi connectivity index (χ0v) is 13.2. The van der Waals surface area contributed by atoms with Gasteiger partial charge in [0, 0.05) is 16.3 Å². The van der Waals surface area contributed by atoms with Gasteiger partial charge in [0.15, 0.2) is 0 Å². The molecule has 0 unspecified atom stereocenters. The highest BCUT2D eigenvalue weighted by Crippen LogP contribution is 2.17. The molecular formula is C18H13ClFN3O. The number of aromatic nitrogens is 1. The fourth-order valence-electron chi connectivity index (χ4n) is 2.06. The van der Waals surface area contributed by atoms with Crippen LogP contribution in [0.5, 0.6) is 0 Å². The first-order chi connectivity index (χ1) is 11.6. The molecule has 24 heavy (non-hydrogen) atoms. The lowest BCUT2D eigenvalue weighted by molar-refractivity contribution is 0.102. The summed E-state index contributed by atoms with van der Waals surface area (Å²) in [6.45, 7) is 0. The second-order valence-corrected chi connectivity index (χ2v) is 5.46. The molecule has 2 N–H and O–H groups in total. The smallest absolute Gasteiger partial charge is 0.255 e. The first kappa shape index (κ1) is 16.0. The predicted octanol–water partition coefficient (Wildman–Crippen LogP) is 4.87. The molecule has 4 nitrogen and oxygen atoms in total. The minimum absolute atomic E-state index is 0.251. The molecule has 0 aliphatic heterocycles. The first-order valence-electron chi connectivity index (χ1n) is 7.16. The monoisotopic (exact) mass is 341 g/mol. The summed E-state index contributed by atoms with van der Waals surface area (Å²) < 4.78 is 13.1. The molecule has 0 spiro atoms. The zero-order chi connectivity index (χ0) is 16.9. The number of anilines is 3. The van der Waals surface area contributed by atoms with Crippen LogP contribution in [0.15, 0.2) is 66.9 Å². The summed E-state index contributed by atoms with van der Waals surface area (Å²) in [5.41, 5.74) is 1.65. The van der Waals surface area contributed by atoms with Crippen LogP contribution in [0.4, 0.5) is 21.6 Å². The molecule has 1 amide bonds. The normalized spacial score (nSPS) is 10.2. The van der Waals surface area contributed by atoms with E-state index in [1.807, 2.05) is 0 Å². The fourth-order valence-corrected chi connectivity index (χ4v) is 2.19. The Bertz CT molecular complexity index is 851. The number of nitrogens with zero attached hydrogens (tertiary/aromatic N) is 1. The Morgan fingerprint density at radius 1 is 1.00 bits per heavy atom. The van der Waals surface area contributed by atoms with E-state index >= 15 is 0 Å². The second kappa shape index (κ2) is 7.10. The van der Waals surface area contributed by atoms with Gasteiger partial charge in [0.05, 0.1) is 11.9 Å². The number of nitrogens with one attached hydrogen (secondary N) is 2. The molecule has 0 saturated heterocycles. The van der Waals surface area contributed by atoms with Crippen LogP contribution in [0.2, 0.25) is 5.02 Å². The molecule has 3 aromatic rings. The highest BCUT2D eigenvalue weighted by atomic mass is 35.5. The summed E-state index contributed by atoms with van der Waals surface area (Å²) in [4.78, 5) is 16.3. The second-order valence-electron chi connectivity index (χ2n) is 5.03. The molecule has 0 radical (unpaired) electrons. The van der Waals surface area contributed by atoms with Gasteiger partial charge in [0.25, 0.3) is 5.91 Å². The Hall–Kier alpha value is -2.92. The van der Waals surface area contributed by atoms with Crippen molar-refractivity contribution in [2.24, 2.45) is 0 Å². The summed E-state index contributed by atoms with van der Waals surface area (Å²) >= 11 is 5.80. The van der Waals surface area contributed by atoms with Crippen molar-refractivity contribution < 1.29 is 9.18 Å². The van der Waals surface area contributed by atoms with Gasteiger partial charge in [-0.3, -0.25) is 4.79 Å². The summed E-state index contributed by atoms with van der Waals surface area (Å²) in [5, 5.41) is 6.30. The first-order valence-corrected chi connectivity index (χ1v) is 7.53. The highest BCUT2D eigenvalue weighted by molar-refractivity contribution is 6.30. The molecule has 2 aromatic carbocycles. The third-order valence-corrected chi connectivity index (χ3v) is 3.48. The molecule has 0 saturated carbocycles. The Kier molecular flexibility index (Phi) is 4.72. The lowest BCUT2D eigenvalue weighted by Crippen LogP contribution is -2.11. The van der Waals surface area contributed by atoms with Gasteiger partial charge in [-0.05, 0) is 54.6 Å². The van der Waals surface area contributed by atoms with E-state index in [1.165, 1.54) is 18.3 Å². The van der Waals surface area contributed by atoms with Gasteiger partial charge in [-0.15, -0.1) is 0 Å². The number of amides is 1. The molecule has 0 atom stereocenters. The number of carbonyl (C=O) groups is 1. The van der Waals surface area contributed by atoms with E-state index in [4.69, 9.17) is 11.6 Å². The molecule has 0 aliphatic rings. The van der Waals surface area contributed by atoms with E-state index in [0.717, 1.165) is 0 Å². The van der Waals surface area contributed by atoms with Gasteiger partial charge in [0.1, 0.15) is 11.6 Å². The predicted molar refractivity (Wildman–Crippen MR) is 93.3 cm³/mol. The molecule has 6 heteroatoms. The number of pyridine rings is 1. The van der Waals surface area contributed by atoms with Crippen LogP contribution < -0.4 is 10.6 Å². The lowest BCUT2D eigenvalue weighted by Gasteiger charge is -2.08. The Balaban J connectivity index is 1.66. The Labute approximate surface area is 143 Å². The molecule has 3 rings (SSSR count). The third-order valence-electron chi connectivity index (χ3n) is 3.22. The number of hydrogen-bond acceptors (Lipinski definition) is 3. The van der Waals surface area contributed by atoms with Crippen molar-refractivity contribution in [3.63, 3.8) is 0 Å². The molecular weight excluding hydrogens is 329 g/mol. The maximum absolute atomic E-state index is 13.1. The molecule has 0 fully saturated rings. The standard InChI is InChI=1S/C18H13ClFN3O/c19-13-6-4-12(5-7-13)18(24)23-16-8-9-17(21-11-16)22-15-3-1-2-14(20)10-15/h1-11H,(H,21,22)(H,23,24). The quantitative estimate of drug-likeness (QED) is 0.711. The van der Waals surface area contributed by atoms with Gasteiger partial charge in [0.2, 0.25) is 0 Å². The van der Waals surface area contributed by atoms with E-state index in [2.05, 4.69) is 15.6 Å². The van der Waals surface area contributed by atoms with E-state index in [-0.39, 0.29) is 11.7 Å². The number of halogens is 2. The maximum atomic E-state index is 13.1. The van der Waals surface area contributed by atoms with Crippen molar-refractivity contribution in [3.05, 3.63) is 83.3 Å². The van der Waals surface area contributed by atoms with Crippen molar-refractivity contribution in [1.29, 1.82) is 0 Å². The topological polar surface area (TPSA) is 54.0 Å². The summed E-state index contributed by atoms with van der Waals surface area (Å²) in [6.07, 6.45) is 1.52. The lowest BCUT2D eigenvalue weighted by atomic mass is 10.2. The van der Waals surface area contributed by atoms with Gasteiger partial charge in [-0.25, -0.2) is 9.37 Å². The molecule has 120 valence electrons. The van der Waals surface area contributed by atoms with E-state index in [0.29, 0.717) is 27.8 Å². The molecule has 0 bridgehead atoms. The van der Waals surface area contributed by atoms with Gasteiger partial charge >= 0.3 is 0 Å². The van der Waals surface area contributed by atoms with Crippen LogP contribution in [-0.2, 0) is 0 Å². The van der Waals surface area contributed by atoms with E-state index in [9.17, 15) is 9.18 Å². The number of hydrogen-bond donors (Lipinski definition) is 2. The fraction of sp³-hybridized carbons (Fsp3) is 0. The Morgan fingerprint density at radius 2 is 1.79 bits per heavy atom. The largest absolute Gasteiger partial charge is 0.340 e. The Morgan fingerprint density at radius 3 is 2.46 bits per heavy atom. The summed E-state index contributed by atoms with van der Waals surface area (Å²) in [7, 11) is 0. The van der Waals surface area contributed by atoms with Gasteiger partial charge in [-0.2, -0.15) is 0 Å². The van der Waals surface area contributed by atoms with Crippen LogP contribution in [0.3, 0.4) is 0 Å². The van der Waals surface area contributed by atoms with Crippen LogP contribution in [0.1, 0.15) is 10.4 Å². The minimum Gasteiger partial charge on any atom is -0.340 e.